The van der Waals surface area contributed by atoms with Gasteiger partial charge in [0.2, 0.25) is 5.91 Å². The van der Waals surface area contributed by atoms with Gasteiger partial charge in [0.1, 0.15) is 0 Å². The number of rotatable bonds is 6. The number of hydrogen-bond acceptors (Lipinski definition) is 3. The van der Waals surface area contributed by atoms with E-state index >= 15 is 0 Å². The Labute approximate surface area is 130 Å². The molecule has 1 N–H and O–H groups in total. The number of fused-ring (bicyclic) bond motifs is 1. The van der Waals surface area contributed by atoms with Crippen LogP contribution in [0.1, 0.15) is 17.5 Å². The number of anilines is 1. The third kappa shape index (κ3) is 3.36. The number of nitrogens with zero attached hydrogens (tertiary/aromatic N) is 3. The smallest absolute Gasteiger partial charge is 0.228 e. The molecule has 5 nitrogen and oxygen atoms in total. The van der Waals surface area contributed by atoms with Gasteiger partial charge in [0.25, 0.3) is 0 Å². The van der Waals surface area contributed by atoms with Crippen molar-refractivity contribution in [2.45, 2.75) is 26.3 Å². The molecule has 3 rings (SSSR count). The Kier molecular flexibility index (Phi) is 4.53. The van der Waals surface area contributed by atoms with Crippen molar-refractivity contribution in [2.75, 3.05) is 24.5 Å². The number of aryl methyl sites for hydroxylation is 1. The first-order valence-corrected chi connectivity index (χ1v) is 7.82. The number of nitrogens with one attached hydrogen (secondary N) is 1. The molecule has 0 unspecified atom stereocenters. The Morgan fingerprint density at radius 1 is 1.32 bits per heavy atom. The predicted octanol–water partition coefficient (Wildman–Crippen LogP) is 1.76. The molecule has 0 saturated heterocycles. The van der Waals surface area contributed by atoms with E-state index in [0.29, 0.717) is 13.0 Å². The van der Waals surface area contributed by atoms with E-state index < -0.39 is 0 Å². The van der Waals surface area contributed by atoms with Crippen molar-refractivity contribution in [1.82, 2.24) is 15.1 Å². The maximum atomic E-state index is 12.3. The molecule has 5 heteroatoms. The third-order valence-corrected chi connectivity index (χ3v) is 3.98. The van der Waals surface area contributed by atoms with Gasteiger partial charge >= 0.3 is 0 Å². The number of benzene rings is 1. The van der Waals surface area contributed by atoms with Gasteiger partial charge in [-0.1, -0.05) is 18.2 Å². The molecule has 22 heavy (non-hydrogen) atoms. The second kappa shape index (κ2) is 6.75. The molecule has 0 radical (unpaired) electrons. The van der Waals surface area contributed by atoms with Gasteiger partial charge in [-0.25, -0.2) is 0 Å². The lowest BCUT2D eigenvalue weighted by atomic mass is 10.2. The molecule has 2 heterocycles. The summed E-state index contributed by atoms with van der Waals surface area (Å²) >= 11 is 0. The molecule has 0 fully saturated rings. The van der Waals surface area contributed by atoms with E-state index in [4.69, 9.17) is 0 Å². The van der Waals surface area contributed by atoms with Crippen molar-refractivity contribution >= 4 is 11.6 Å². The summed E-state index contributed by atoms with van der Waals surface area (Å²) in [5.41, 5.74) is 3.53. The number of amides is 1. The van der Waals surface area contributed by atoms with Gasteiger partial charge in [-0.2, -0.15) is 5.10 Å². The number of carbonyl (C=O) groups is 1. The van der Waals surface area contributed by atoms with Crippen LogP contribution >= 0.6 is 0 Å². The summed E-state index contributed by atoms with van der Waals surface area (Å²) in [4.78, 5) is 14.2. The lowest BCUT2D eigenvalue weighted by Crippen LogP contribution is -2.32. The van der Waals surface area contributed by atoms with Crippen molar-refractivity contribution < 1.29 is 4.79 Å². The Hall–Kier alpha value is -2.14. The minimum Gasteiger partial charge on any atom is -0.314 e. The highest BCUT2D eigenvalue weighted by atomic mass is 16.2. The van der Waals surface area contributed by atoms with Crippen LogP contribution in [0.3, 0.4) is 0 Å². The zero-order valence-electron chi connectivity index (χ0n) is 13.0. The van der Waals surface area contributed by atoms with Crippen LogP contribution in [0, 0.1) is 6.92 Å². The van der Waals surface area contributed by atoms with Crippen molar-refractivity contribution in [2.24, 2.45) is 0 Å². The number of para-hydroxylation sites is 1. The summed E-state index contributed by atoms with van der Waals surface area (Å²) in [6.07, 6.45) is 5.38. The van der Waals surface area contributed by atoms with Crippen LogP contribution in [-0.2, 0) is 17.8 Å². The van der Waals surface area contributed by atoms with Gasteiger partial charge in [-0.05, 0) is 30.5 Å². The van der Waals surface area contributed by atoms with Crippen molar-refractivity contribution in [3.05, 3.63) is 47.8 Å². The predicted molar refractivity (Wildman–Crippen MR) is 86.9 cm³/mol. The van der Waals surface area contributed by atoms with Crippen LogP contribution in [0.25, 0.3) is 0 Å². The highest BCUT2D eigenvalue weighted by Gasteiger charge is 2.23. The van der Waals surface area contributed by atoms with Crippen LogP contribution in [-0.4, -0.2) is 35.3 Å². The topological polar surface area (TPSA) is 50.2 Å². The number of hydrogen-bond donors (Lipinski definition) is 1. The fraction of sp³-hybridized carbons (Fsp3) is 0.412. The summed E-state index contributed by atoms with van der Waals surface area (Å²) in [5.74, 6) is 0.201. The van der Waals surface area contributed by atoms with E-state index in [0.717, 1.165) is 31.7 Å². The monoisotopic (exact) mass is 298 g/mol. The van der Waals surface area contributed by atoms with Gasteiger partial charge < -0.3 is 10.2 Å². The molecule has 1 aromatic carbocycles. The molecular formula is C17H22N4O. The summed E-state index contributed by atoms with van der Waals surface area (Å²) < 4.78 is 1.92. The van der Waals surface area contributed by atoms with E-state index in [1.54, 1.807) is 0 Å². The quantitative estimate of drug-likeness (QED) is 0.827. The first-order chi connectivity index (χ1) is 10.7. The van der Waals surface area contributed by atoms with Gasteiger partial charge in [-0.15, -0.1) is 0 Å². The van der Waals surface area contributed by atoms with Gasteiger partial charge in [-0.3, -0.25) is 9.48 Å². The zero-order chi connectivity index (χ0) is 15.4. The highest BCUT2D eigenvalue weighted by molar-refractivity contribution is 5.95. The fourth-order valence-electron chi connectivity index (χ4n) is 2.84. The Balaban J connectivity index is 1.40. The van der Waals surface area contributed by atoms with Crippen LogP contribution in [0.5, 0.6) is 0 Å². The Morgan fingerprint density at radius 2 is 2.18 bits per heavy atom. The maximum absolute atomic E-state index is 12.3. The van der Waals surface area contributed by atoms with Crippen molar-refractivity contribution in [3.8, 4) is 0 Å². The summed E-state index contributed by atoms with van der Waals surface area (Å²) in [5, 5.41) is 7.55. The molecule has 0 atom stereocenters. The van der Waals surface area contributed by atoms with Gasteiger partial charge in [0.05, 0.1) is 12.7 Å². The van der Waals surface area contributed by atoms with E-state index in [-0.39, 0.29) is 5.91 Å². The molecule has 1 aliphatic rings. The lowest BCUT2D eigenvalue weighted by Gasteiger charge is -2.17. The molecule has 0 bridgehead atoms. The van der Waals surface area contributed by atoms with Crippen LogP contribution in [0.2, 0.25) is 0 Å². The molecule has 1 aromatic heterocycles. The first kappa shape index (κ1) is 14.8. The second-order valence-electron chi connectivity index (χ2n) is 5.70. The highest BCUT2D eigenvalue weighted by Crippen LogP contribution is 2.27. The van der Waals surface area contributed by atoms with Crippen molar-refractivity contribution in [3.63, 3.8) is 0 Å². The standard InChI is InChI=1S/C17H22N4O/c1-14-12-19-20(13-14)11-9-18-8-6-17(22)21-10-7-15-4-2-3-5-16(15)21/h2-5,12-13,18H,6-11H2,1H3. The second-order valence-corrected chi connectivity index (χ2v) is 5.70. The minimum atomic E-state index is 0.201. The van der Waals surface area contributed by atoms with Crippen LogP contribution < -0.4 is 10.2 Å². The Bertz CT molecular complexity index is 650. The molecule has 116 valence electrons. The summed E-state index contributed by atoms with van der Waals surface area (Å²) in [6.45, 7) is 5.20. The average molecular weight is 298 g/mol. The summed E-state index contributed by atoms with van der Waals surface area (Å²) in [7, 11) is 0. The first-order valence-electron chi connectivity index (χ1n) is 7.82. The maximum Gasteiger partial charge on any atom is 0.228 e. The number of carbonyl (C=O) groups excluding carboxylic acids is 1. The molecular weight excluding hydrogens is 276 g/mol. The molecule has 1 amide bonds. The van der Waals surface area contributed by atoms with Crippen LogP contribution in [0.15, 0.2) is 36.7 Å². The Morgan fingerprint density at radius 3 is 3.00 bits per heavy atom. The normalized spacial score (nSPS) is 13.4. The minimum absolute atomic E-state index is 0.201. The molecule has 0 aliphatic carbocycles. The van der Waals surface area contributed by atoms with E-state index in [1.165, 1.54) is 11.1 Å². The zero-order valence-corrected chi connectivity index (χ0v) is 13.0. The molecule has 2 aromatic rings. The molecule has 0 saturated carbocycles. The van der Waals surface area contributed by atoms with E-state index in [2.05, 4.69) is 16.5 Å². The number of aromatic nitrogens is 2. The molecule has 0 spiro atoms. The average Bonchev–Trinajstić information content (AvgIpc) is 3.13. The van der Waals surface area contributed by atoms with E-state index in [1.807, 2.05) is 47.1 Å². The third-order valence-electron chi connectivity index (χ3n) is 3.98. The lowest BCUT2D eigenvalue weighted by molar-refractivity contribution is -0.118. The summed E-state index contributed by atoms with van der Waals surface area (Å²) in [6, 6.07) is 8.17. The van der Waals surface area contributed by atoms with Gasteiger partial charge in [0, 0.05) is 37.9 Å². The molecule has 1 aliphatic heterocycles. The van der Waals surface area contributed by atoms with Crippen LogP contribution in [0.4, 0.5) is 5.69 Å². The van der Waals surface area contributed by atoms with E-state index in [9.17, 15) is 4.79 Å². The largest absolute Gasteiger partial charge is 0.314 e. The fourth-order valence-corrected chi connectivity index (χ4v) is 2.84. The SMILES string of the molecule is Cc1cnn(CCNCCC(=O)N2CCc3ccccc32)c1. The van der Waals surface area contributed by atoms with Gasteiger partial charge in [0.15, 0.2) is 0 Å². The van der Waals surface area contributed by atoms with Crippen molar-refractivity contribution in [1.29, 1.82) is 0 Å².